The fraction of sp³-hybridized carbons (Fsp3) is 0.231. The van der Waals surface area contributed by atoms with Crippen LogP contribution < -0.4 is 10.6 Å². The highest BCUT2D eigenvalue weighted by molar-refractivity contribution is 7.15. The van der Waals surface area contributed by atoms with Crippen LogP contribution in [0.2, 0.25) is 0 Å². The molecule has 21 heavy (non-hydrogen) atoms. The van der Waals surface area contributed by atoms with Crippen LogP contribution in [0.3, 0.4) is 0 Å². The lowest BCUT2D eigenvalue weighted by Crippen LogP contribution is -2.20. The van der Waals surface area contributed by atoms with E-state index in [4.69, 9.17) is 5.11 Å². The van der Waals surface area contributed by atoms with Crippen molar-refractivity contribution in [2.24, 2.45) is 0 Å². The maximum Gasteiger partial charge on any atom is 0.335 e. The van der Waals surface area contributed by atoms with Gasteiger partial charge in [0, 0.05) is 5.69 Å². The normalized spacial score (nSPS) is 10.2. The van der Waals surface area contributed by atoms with Crippen LogP contribution in [0.25, 0.3) is 0 Å². The van der Waals surface area contributed by atoms with Crippen molar-refractivity contribution < 1.29 is 14.7 Å². The maximum atomic E-state index is 11.9. The Labute approximate surface area is 125 Å². The van der Waals surface area contributed by atoms with E-state index in [-0.39, 0.29) is 5.56 Å². The Morgan fingerprint density at radius 1 is 1.29 bits per heavy atom. The summed E-state index contributed by atoms with van der Waals surface area (Å²) >= 11 is 1.30. The molecule has 0 spiro atoms. The molecule has 0 aliphatic rings. The zero-order valence-electron chi connectivity index (χ0n) is 11.5. The number of benzene rings is 1. The van der Waals surface area contributed by atoms with E-state index >= 15 is 0 Å². The molecular weight excluding hydrogens is 292 g/mol. The topological polar surface area (TPSA) is 104 Å². The van der Waals surface area contributed by atoms with Gasteiger partial charge in [-0.05, 0) is 31.0 Å². The molecule has 8 heteroatoms. The van der Waals surface area contributed by atoms with Crippen molar-refractivity contribution in [2.75, 3.05) is 10.6 Å². The van der Waals surface area contributed by atoms with Gasteiger partial charge < -0.3 is 10.4 Å². The molecule has 2 aromatic rings. The molecule has 0 atom stereocenters. The van der Waals surface area contributed by atoms with Crippen LogP contribution in [-0.4, -0.2) is 27.3 Å². The maximum absolute atomic E-state index is 11.9. The lowest BCUT2D eigenvalue weighted by molar-refractivity contribution is 0.0697. The Kier molecular flexibility index (Phi) is 4.49. The van der Waals surface area contributed by atoms with Gasteiger partial charge in [0.2, 0.25) is 5.13 Å². The number of carbonyl (C=O) groups excluding carboxylic acids is 1. The number of nitrogens with one attached hydrogen (secondary N) is 2. The highest BCUT2D eigenvalue weighted by atomic mass is 32.1. The predicted octanol–water partition coefficient (Wildman–Crippen LogP) is 2.75. The van der Waals surface area contributed by atoms with Gasteiger partial charge in [-0.15, -0.1) is 10.2 Å². The minimum Gasteiger partial charge on any atom is -0.478 e. The third-order valence-electron chi connectivity index (χ3n) is 2.72. The largest absolute Gasteiger partial charge is 0.478 e. The van der Waals surface area contributed by atoms with Crippen LogP contribution in [0.4, 0.5) is 15.6 Å². The number of hydrogen-bond donors (Lipinski definition) is 3. The molecule has 0 aliphatic carbocycles. The van der Waals surface area contributed by atoms with Crippen molar-refractivity contribution in [3.8, 4) is 0 Å². The molecule has 0 aliphatic heterocycles. The summed E-state index contributed by atoms with van der Waals surface area (Å²) in [5, 5.41) is 23.1. The minimum atomic E-state index is -1.05. The highest BCUT2D eigenvalue weighted by Gasteiger charge is 2.11. The van der Waals surface area contributed by atoms with E-state index in [1.54, 1.807) is 13.0 Å². The summed E-state index contributed by atoms with van der Waals surface area (Å²) in [6, 6.07) is 4.05. The van der Waals surface area contributed by atoms with Crippen molar-refractivity contribution in [1.82, 2.24) is 10.2 Å². The lowest BCUT2D eigenvalue weighted by atomic mass is 10.1. The van der Waals surface area contributed by atoms with Gasteiger partial charge in [0.15, 0.2) is 0 Å². The van der Waals surface area contributed by atoms with Gasteiger partial charge >= 0.3 is 12.0 Å². The van der Waals surface area contributed by atoms with Gasteiger partial charge in [-0.3, -0.25) is 5.32 Å². The Bertz CT molecular complexity index is 684. The van der Waals surface area contributed by atoms with Crippen LogP contribution in [0, 0.1) is 6.92 Å². The highest BCUT2D eigenvalue weighted by Crippen LogP contribution is 2.19. The fourth-order valence-electron chi connectivity index (χ4n) is 1.59. The van der Waals surface area contributed by atoms with Crippen LogP contribution in [0.15, 0.2) is 18.2 Å². The van der Waals surface area contributed by atoms with Crippen LogP contribution in [0.5, 0.6) is 0 Å². The molecule has 1 heterocycles. The third kappa shape index (κ3) is 3.76. The van der Waals surface area contributed by atoms with Gasteiger partial charge in [-0.2, -0.15) is 0 Å². The molecular formula is C13H14N4O3S. The zero-order chi connectivity index (χ0) is 15.4. The average molecular weight is 306 g/mol. The zero-order valence-corrected chi connectivity index (χ0v) is 12.3. The number of carboxylic acid groups (broad SMARTS) is 1. The summed E-state index contributed by atoms with van der Waals surface area (Å²) in [4.78, 5) is 22.8. The van der Waals surface area contributed by atoms with Gasteiger partial charge in [-0.25, -0.2) is 9.59 Å². The average Bonchev–Trinajstić information content (AvgIpc) is 2.88. The van der Waals surface area contributed by atoms with E-state index in [9.17, 15) is 9.59 Å². The van der Waals surface area contributed by atoms with E-state index in [0.29, 0.717) is 10.8 Å². The van der Waals surface area contributed by atoms with Gasteiger partial charge in [-0.1, -0.05) is 24.3 Å². The fourth-order valence-corrected chi connectivity index (χ4v) is 2.26. The molecule has 1 aromatic carbocycles. The summed E-state index contributed by atoms with van der Waals surface area (Å²) < 4.78 is 0. The summed E-state index contributed by atoms with van der Waals surface area (Å²) in [6.45, 7) is 3.73. The van der Waals surface area contributed by atoms with Crippen LogP contribution in [0.1, 0.15) is 27.9 Å². The summed E-state index contributed by atoms with van der Waals surface area (Å²) in [7, 11) is 0. The molecule has 0 fully saturated rings. The van der Waals surface area contributed by atoms with Gasteiger partial charge in [0.25, 0.3) is 0 Å². The Morgan fingerprint density at radius 2 is 2.05 bits per heavy atom. The number of rotatable bonds is 4. The number of aromatic carboxylic acids is 1. The molecule has 0 bridgehead atoms. The van der Waals surface area contributed by atoms with Gasteiger partial charge in [0.05, 0.1) is 5.56 Å². The number of amides is 2. The van der Waals surface area contributed by atoms with Crippen LogP contribution >= 0.6 is 11.3 Å². The second kappa shape index (κ2) is 6.31. The quantitative estimate of drug-likeness (QED) is 0.805. The van der Waals surface area contributed by atoms with Crippen molar-refractivity contribution >= 4 is 34.2 Å². The van der Waals surface area contributed by atoms with E-state index in [2.05, 4.69) is 20.8 Å². The minimum absolute atomic E-state index is 0.111. The van der Waals surface area contributed by atoms with Crippen molar-refractivity contribution in [2.45, 2.75) is 20.3 Å². The summed E-state index contributed by atoms with van der Waals surface area (Å²) in [5.41, 5.74) is 1.31. The number of carbonyl (C=O) groups is 2. The van der Waals surface area contributed by atoms with Gasteiger partial charge in [0.1, 0.15) is 5.01 Å². The van der Waals surface area contributed by atoms with E-state index in [1.165, 1.54) is 23.5 Å². The number of urea groups is 1. The molecule has 1 aromatic heterocycles. The second-order valence-corrected chi connectivity index (χ2v) is 5.33. The number of aryl methyl sites for hydroxylation is 2. The predicted molar refractivity (Wildman–Crippen MR) is 80.1 cm³/mol. The molecule has 0 unspecified atom stereocenters. The number of carboxylic acids is 1. The molecule has 110 valence electrons. The lowest BCUT2D eigenvalue weighted by Gasteiger charge is -2.09. The standard InChI is InChI=1S/C13H14N4O3S/c1-3-10-16-17-13(21-10)15-12(20)14-9-6-8(11(18)19)5-4-7(9)2/h4-6H,3H2,1-2H3,(H,18,19)(H2,14,15,17,20). The van der Waals surface area contributed by atoms with E-state index in [1.807, 2.05) is 6.92 Å². The third-order valence-corrected chi connectivity index (χ3v) is 3.71. The van der Waals surface area contributed by atoms with Crippen molar-refractivity contribution in [3.63, 3.8) is 0 Å². The Hall–Kier alpha value is -2.48. The molecule has 7 nitrogen and oxygen atoms in total. The smallest absolute Gasteiger partial charge is 0.335 e. The summed E-state index contributed by atoms with van der Waals surface area (Å²) in [5.74, 6) is -1.05. The summed E-state index contributed by atoms with van der Waals surface area (Å²) in [6.07, 6.45) is 0.751. The second-order valence-electron chi connectivity index (χ2n) is 4.27. The number of hydrogen-bond acceptors (Lipinski definition) is 5. The number of aromatic nitrogens is 2. The molecule has 0 saturated carbocycles. The van der Waals surface area contributed by atoms with Crippen molar-refractivity contribution in [3.05, 3.63) is 34.3 Å². The Balaban J connectivity index is 2.08. The first-order valence-corrected chi connectivity index (χ1v) is 7.05. The first-order valence-electron chi connectivity index (χ1n) is 6.24. The first-order chi connectivity index (χ1) is 9.99. The first kappa shape index (κ1) is 14.9. The van der Waals surface area contributed by atoms with Crippen LogP contribution in [-0.2, 0) is 6.42 Å². The van der Waals surface area contributed by atoms with E-state index in [0.717, 1.165) is 17.0 Å². The molecule has 0 radical (unpaired) electrons. The van der Waals surface area contributed by atoms with E-state index < -0.39 is 12.0 Å². The Morgan fingerprint density at radius 3 is 2.67 bits per heavy atom. The SMILES string of the molecule is CCc1nnc(NC(=O)Nc2cc(C(=O)O)ccc2C)s1. The molecule has 3 N–H and O–H groups in total. The molecule has 2 rings (SSSR count). The van der Waals surface area contributed by atoms with Crippen molar-refractivity contribution in [1.29, 1.82) is 0 Å². The number of anilines is 2. The number of nitrogens with zero attached hydrogens (tertiary/aromatic N) is 2. The monoisotopic (exact) mass is 306 g/mol. The molecule has 2 amide bonds. The molecule has 0 saturated heterocycles.